The third-order valence-electron chi connectivity index (χ3n) is 3.55. The topological polar surface area (TPSA) is 68.3 Å². The van der Waals surface area contributed by atoms with Crippen molar-refractivity contribution in [1.29, 1.82) is 5.41 Å². The van der Waals surface area contributed by atoms with Gasteiger partial charge in [-0.05, 0) is 31.0 Å². The Hall–Kier alpha value is -1.55. The summed E-state index contributed by atoms with van der Waals surface area (Å²) in [5.41, 5.74) is 7.17. The van der Waals surface area contributed by atoms with E-state index in [0.29, 0.717) is 17.9 Å². The van der Waals surface area contributed by atoms with Crippen LogP contribution in [0.5, 0.6) is 5.75 Å². The first-order chi connectivity index (χ1) is 10.1. The highest BCUT2D eigenvalue weighted by molar-refractivity contribution is 5.97. The summed E-state index contributed by atoms with van der Waals surface area (Å²) in [4.78, 5) is 0. The normalized spacial score (nSPS) is 12.1. The first kappa shape index (κ1) is 17.5. The van der Waals surface area contributed by atoms with Crippen molar-refractivity contribution in [3.8, 4) is 5.75 Å². The Bertz CT molecular complexity index is 446. The van der Waals surface area contributed by atoms with E-state index in [1.165, 1.54) is 25.7 Å². The van der Waals surface area contributed by atoms with Gasteiger partial charge in [0, 0.05) is 0 Å². The highest BCUT2D eigenvalue weighted by atomic mass is 16.5. The number of unbranched alkanes of at least 4 members (excludes halogenated alkanes) is 3. The number of ether oxygens (including phenoxy) is 2. The van der Waals surface area contributed by atoms with Gasteiger partial charge in [0.2, 0.25) is 0 Å². The van der Waals surface area contributed by atoms with Crippen LogP contribution in [-0.2, 0) is 11.3 Å². The van der Waals surface area contributed by atoms with E-state index in [9.17, 15) is 0 Å². The van der Waals surface area contributed by atoms with E-state index in [1.807, 2.05) is 18.2 Å². The van der Waals surface area contributed by atoms with Gasteiger partial charge in [0.1, 0.15) is 11.6 Å². The van der Waals surface area contributed by atoms with Crippen molar-refractivity contribution in [1.82, 2.24) is 0 Å². The number of nitrogens with one attached hydrogen (secondary N) is 1. The van der Waals surface area contributed by atoms with Crippen molar-refractivity contribution in [3.05, 3.63) is 29.3 Å². The fourth-order valence-electron chi connectivity index (χ4n) is 2.23. The van der Waals surface area contributed by atoms with E-state index >= 15 is 0 Å². The molecule has 0 aliphatic rings. The molecular formula is C17H28N2O2. The summed E-state index contributed by atoms with van der Waals surface area (Å²) in [6, 6.07) is 5.63. The van der Waals surface area contributed by atoms with Crippen LogP contribution in [0.4, 0.5) is 0 Å². The van der Waals surface area contributed by atoms with Gasteiger partial charge in [-0.15, -0.1) is 0 Å². The van der Waals surface area contributed by atoms with Gasteiger partial charge >= 0.3 is 0 Å². The monoisotopic (exact) mass is 292 g/mol. The Balaban J connectivity index is 2.46. The van der Waals surface area contributed by atoms with E-state index in [-0.39, 0.29) is 11.9 Å². The summed E-state index contributed by atoms with van der Waals surface area (Å²) in [6.45, 7) is 4.90. The molecule has 1 aromatic carbocycles. The third-order valence-corrected chi connectivity index (χ3v) is 3.55. The summed E-state index contributed by atoms with van der Waals surface area (Å²) >= 11 is 0. The highest BCUT2D eigenvalue weighted by Crippen LogP contribution is 2.21. The molecule has 0 spiro atoms. The fourth-order valence-corrected chi connectivity index (χ4v) is 2.23. The maximum atomic E-state index is 7.50. The lowest BCUT2D eigenvalue weighted by molar-refractivity contribution is 0.0458. The number of amidine groups is 1. The van der Waals surface area contributed by atoms with Crippen LogP contribution in [0.1, 0.15) is 57.1 Å². The number of nitrogens with two attached hydrogens (primary N) is 1. The second-order valence-corrected chi connectivity index (χ2v) is 5.42. The average Bonchev–Trinajstić information content (AvgIpc) is 2.49. The Morgan fingerprint density at radius 3 is 2.67 bits per heavy atom. The minimum atomic E-state index is 0.0172. The van der Waals surface area contributed by atoms with Crippen molar-refractivity contribution in [2.24, 2.45) is 5.73 Å². The lowest BCUT2D eigenvalue weighted by atomic mass is 10.1. The number of nitrogen functional groups attached to an aromatic ring is 1. The summed E-state index contributed by atoms with van der Waals surface area (Å²) in [6.07, 6.45) is 6.43. The zero-order valence-electron chi connectivity index (χ0n) is 13.4. The molecule has 0 radical (unpaired) electrons. The second-order valence-electron chi connectivity index (χ2n) is 5.42. The predicted octanol–water partition coefficient (Wildman–Crippen LogP) is 3.85. The molecule has 0 saturated carbocycles. The first-order valence-corrected chi connectivity index (χ1v) is 7.71. The molecule has 1 unspecified atom stereocenters. The van der Waals surface area contributed by atoms with Crippen molar-refractivity contribution in [2.45, 2.75) is 58.7 Å². The zero-order chi connectivity index (χ0) is 15.7. The SMILES string of the molecule is CCCCCCC(C)OCc1ccc(C(=N)N)c(OC)c1. The van der Waals surface area contributed by atoms with Gasteiger partial charge in [-0.1, -0.05) is 38.7 Å². The molecule has 1 atom stereocenters. The van der Waals surface area contributed by atoms with Gasteiger partial charge < -0.3 is 15.2 Å². The molecule has 21 heavy (non-hydrogen) atoms. The van der Waals surface area contributed by atoms with Crippen LogP contribution in [0.2, 0.25) is 0 Å². The van der Waals surface area contributed by atoms with Crippen molar-refractivity contribution >= 4 is 5.84 Å². The summed E-state index contributed by atoms with van der Waals surface area (Å²) < 4.78 is 11.1. The highest BCUT2D eigenvalue weighted by Gasteiger charge is 2.08. The van der Waals surface area contributed by atoms with Gasteiger partial charge in [-0.25, -0.2) is 0 Å². The van der Waals surface area contributed by atoms with E-state index in [2.05, 4.69) is 13.8 Å². The first-order valence-electron chi connectivity index (χ1n) is 7.71. The van der Waals surface area contributed by atoms with E-state index in [1.54, 1.807) is 7.11 Å². The molecule has 0 amide bonds. The number of hydrogen-bond acceptors (Lipinski definition) is 3. The second kappa shape index (κ2) is 9.40. The van der Waals surface area contributed by atoms with E-state index in [0.717, 1.165) is 12.0 Å². The predicted molar refractivity (Wildman–Crippen MR) is 87.0 cm³/mol. The lowest BCUT2D eigenvalue weighted by Gasteiger charge is -2.14. The number of methoxy groups -OCH3 is 1. The van der Waals surface area contributed by atoms with Crippen LogP contribution in [0.15, 0.2) is 18.2 Å². The molecule has 1 rings (SSSR count). The molecule has 0 fully saturated rings. The molecule has 0 saturated heterocycles. The molecule has 4 heteroatoms. The molecule has 0 aliphatic heterocycles. The molecular weight excluding hydrogens is 264 g/mol. The van der Waals surface area contributed by atoms with Crippen molar-refractivity contribution in [2.75, 3.05) is 7.11 Å². The number of rotatable bonds is 10. The van der Waals surface area contributed by atoms with Crippen LogP contribution in [-0.4, -0.2) is 19.0 Å². The average molecular weight is 292 g/mol. The fraction of sp³-hybridized carbons (Fsp3) is 0.588. The van der Waals surface area contributed by atoms with Crippen LogP contribution in [0, 0.1) is 5.41 Å². The van der Waals surface area contributed by atoms with Crippen LogP contribution in [0.3, 0.4) is 0 Å². The summed E-state index contributed by atoms with van der Waals surface area (Å²) in [5, 5.41) is 7.50. The van der Waals surface area contributed by atoms with Gasteiger partial charge in [-0.3, -0.25) is 5.41 Å². The lowest BCUT2D eigenvalue weighted by Crippen LogP contribution is -2.13. The van der Waals surface area contributed by atoms with Crippen LogP contribution >= 0.6 is 0 Å². The molecule has 0 aromatic heterocycles. The summed E-state index contributed by atoms with van der Waals surface area (Å²) in [5.74, 6) is 0.641. The molecule has 4 nitrogen and oxygen atoms in total. The minimum Gasteiger partial charge on any atom is -0.496 e. The standard InChI is InChI=1S/C17H28N2O2/c1-4-5-6-7-8-13(2)21-12-14-9-10-15(17(18)19)16(11-14)20-3/h9-11,13H,4-8,12H2,1-3H3,(H3,18,19). The van der Waals surface area contributed by atoms with Gasteiger partial charge in [0.15, 0.2) is 0 Å². The maximum absolute atomic E-state index is 7.50. The Labute approximate surface area is 128 Å². The van der Waals surface area contributed by atoms with Gasteiger partial charge in [-0.2, -0.15) is 0 Å². The zero-order valence-corrected chi connectivity index (χ0v) is 13.4. The Kier molecular flexibility index (Phi) is 7.83. The molecule has 0 heterocycles. The Morgan fingerprint density at radius 1 is 1.29 bits per heavy atom. The van der Waals surface area contributed by atoms with Crippen LogP contribution < -0.4 is 10.5 Å². The molecule has 3 N–H and O–H groups in total. The number of hydrogen-bond donors (Lipinski definition) is 2. The number of benzene rings is 1. The Morgan fingerprint density at radius 2 is 2.05 bits per heavy atom. The smallest absolute Gasteiger partial charge is 0.130 e. The van der Waals surface area contributed by atoms with Crippen molar-refractivity contribution < 1.29 is 9.47 Å². The van der Waals surface area contributed by atoms with Crippen LogP contribution in [0.25, 0.3) is 0 Å². The van der Waals surface area contributed by atoms with Gasteiger partial charge in [0.25, 0.3) is 0 Å². The quantitative estimate of drug-likeness (QED) is 0.391. The maximum Gasteiger partial charge on any atom is 0.130 e. The molecule has 0 aliphatic carbocycles. The third kappa shape index (κ3) is 6.17. The molecule has 118 valence electrons. The van der Waals surface area contributed by atoms with Gasteiger partial charge in [0.05, 0.1) is 25.4 Å². The minimum absolute atomic E-state index is 0.0172. The molecule has 0 bridgehead atoms. The summed E-state index contributed by atoms with van der Waals surface area (Å²) in [7, 11) is 1.59. The van der Waals surface area contributed by atoms with Crippen molar-refractivity contribution in [3.63, 3.8) is 0 Å². The molecule has 1 aromatic rings. The van der Waals surface area contributed by atoms with E-state index < -0.39 is 0 Å². The largest absolute Gasteiger partial charge is 0.496 e. The van der Waals surface area contributed by atoms with E-state index in [4.69, 9.17) is 20.6 Å².